The average molecular weight is 250 g/mol. The molecule has 4 atom stereocenters. The summed E-state index contributed by atoms with van der Waals surface area (Å²) in [6.07, 6.45) is 12.4. The summed E-state index contributed by atoms with van der Waals surface area (Å²) in [7, 11) is 1.42. The molecule has 100 valence electrons. The maximum absolute atomic E-state index is 10.9. The molecule has 3 heteroatoms. The van der Waals surface area contributed by atoms with Crippen LogP contribution < -0.4 is 0 Å². The predicted octanol–water partition coefficient (Wildman–Crippen LogP) is 2.32. The second-order valence-electron chi connectivity index (χ2n) is 5.27. The van der Waals surface area contributed by atoms with E-state index in [0.29, 0.717) is 30.1 Å². The minimum atomic E-state index is -0.139. The molecule has 18 heavy (non-hydrogen) atoms. The van der Waals surface area contributed by atoms with Crippen LogP contribution in [0, 0.1) is 23.7 Å². The third-order valence-corrected chi connectivity index (χ3v) is 4.24. The smallest absolute Gasteiger partial charge is 0.305 e. The molecule has 1 N–H and O–H groups in total. The standard InChI is InChI=1S/C15H22O3/c1-18-15(17)6-4-2-3-5-13-11-7-8-12(9-11)14(13)10-16/h3,5,7-8,11-14,16H,2,4,6,9-10H2,1H3. The largest absolute Gasteiger partial charge is 0.469 e. The first-order valence-corrected chi connectivity index (χ1v) is 6.79. The fraction of sp³-hybridized carbons (Fsp3) is 0.667. The molecule has 2 bridgehead atoms. The summed E-state index contributed by atoms with van der Waals surface area (Å²) < 4.78 is 4.60. The third-order valence-electron chi connectivity index (χ3n) is 4.24. The molecule has 4 unspecified atom stereocenters. The molecule has 0 saturated heterocycles. The molecular formula is C15H22O3. The summed E-state index contributed by atoms with van der Waals surface area (Å²) >= 11 is 0. The normalized spacial score (nSPS) is 33.4. The molecular weight excluding hydrogens is 228 g/mol. The summed E-state index contributed by atoms with van der Waals surface area (Å²) in [4.78, 5) is 10.9. The summed E-state index contributed by atoms with van der Waals surface area (Å²) in [6, 6.07) is 0. The minimum absolute atomic E-state index is 0.139. The highest BCUT2D eigenvalue weighted by atomic mass is 16.5. The average Bonchev–Trinajstić information content (AvgIpc) is 2.98. The zero-order chi connectivity index (χ0) is 13.0. The maximum atomic E-state index is 10.9. The van der Waals surface area contributed by atoms with Crippen LogP contribution in [0.15, 0.2) is 24.3 Å². The zero-order valence-corrected chi connectivity index (χ0v) is 10.9. The number of hydrogen-bond donors (Lipinski definition) is 1. The van der Waals surface area contributed by atoms with Gasteiger partial charge in [0.05, 0.1) is 7.11 Å². The van der Waals surface area contributed by atoms with Crippen molar-refractivity contribution in [1.29, 1.82) is 0 Å². The number of unbranched alkanes of at least 4 members (excludes halogenated alkanes) is 1. The molecule has 3 nitrogen and oxygen atoms in total. The van der Waals surface area contributed by atoms with Gasteiger partial charge in [-0.3, -0.25) is 4.79 Å². The summed E-state index contributed by atoms with van der Waals surface area (Å²) in [5.41, 5.74) is 0. The van der Waals surface area contributed by atoms with E-state index in [2.05, 4.69) is 29.0 Å². The van der Waals surface area contributed by atoms with Gasteiger partial charge in [-0.05, 0) is 42.9 Å². The molecule has 0 aliphatic heterocycles. The van der Waals surface area contributed by atoms with Crippen LogP contribution in [0.4, 0.5) is 0 Å². The van der Waals surface area contributed by atoms with Crippen LogP contribution in [0.5, 0.6) is 0 Å². The Morgan fingerprint density at radius 2 is 2.22 bits per heavy atom. The van der Waals surface area contributed by atoms with Crippen LogP contribution in [0.2, 0.25) is 0 Å². The van der Waals surface area contributed by atoms with Crippen molar-refractivity contribution in [3.05, 3.63) is 24.3 Å². The molecule has 0 aromatic rings. The number of esters is 1. The summed E-state index contributed by atoms with van der Waals surface area (Å²) in [6.45, 7) is 0.280. The molecule has 0 aromatic carbocycles. The molecule has 0 heterocycles. The van der Waals surface area contributed by atoms with E-state index < -0.39 is 0 Å². The van der Waals surface area contributed by atoms with Gasteiger partial charge in [0, 0.05) is 13.0 Å². The van der Waals surface area contributed by atoms with Gasteiger partial charge in [0.15, 0.2) is 0 Å². The lowest BCUT2D eigenvalue weighted by atomic mass is 9.83. The molecule has 0 amide bonds. The highest BCUT2D eigenvalue weighted by Crippen LogP contribution is 2.48. The van der Waals surface area contributed by atoms with Crippen molar-refractivity contribution in [2.45, 2.75) is 25.7 Å². The maximum Gasteiger partial charge on any atom is 0.305 e. The van der Waals surface area contributed by atoms with Crippen molar-refractivity contribution < 1.29 is 14.6 Å². The Morgan fingerprint density at radius 3 is 2.94 bits per heavy atom. The van der Waals surface area contributed by atoms with Gasteiger partial charge in [-0.2, -0.15) is 0 Å². The van der Waals surface area contributed by atoms with Crippen LogP contribution in [0.1, 0.15) is 25.7 Å². The van der Waals surface area contributed by atoms with Crippen LogP contribution in [-0.4, -0.2) is 24.8 Å². The van der Waals surface area contributed by atoms with Gasteiger partial charge in [-0.1, -0.05) is 24.3 Å². The van der Waals surface area contributed by atoms with Crippen LogP contribution >= 0.6 is 0 Å². The van der Waals surface area contributed by atoms with E-state index in [1.807, 2.05) is 0 Å². The van der Waals surface area contributed by atoms with Gasteiger partial charge in [0.25, 0.3) is 0 Å². The van der Waals surface area contributed by atoms with Crippen molar-refractivity contribution in [2.75, 3.05) is 13.7 Å². The van der Waals surface area contributed by atoms with E-state index >= 15 is 0 Å². The topological polar surface area (TPSA) is 46.5 Å². The lowest BCUT2D eigenvalue weighted by Gasteiger charge is -2.23. The molecule has 1 fully saturated rings. The van der Waals surface area contributed by atoms with E-state index in [4.69, 9.17) is 0 Å². The number of hydrogen-bond acceptors (Lipinski definition) is 3. The fourth-order valence-electron chi connectivity index (χ4n) is 3.22. The SMILES string of the molecule is COC(=O)CCCC=CC1C2C=CC(C2)C1CO. The van der Waals surface area contributed by atoms with Gasteiger partial charge in [-0.15, -0.1) is 0 Å². The third kappa shape index (κ3) is 2.83. The number of methoxy groups -OCH3 is 1. The van der Waals surface area contributed by atoms with E-state index in [-0.39, 0.29) is 12.6 Å². The number of carbonyl (C=O) groups excluding carboxylic acids is 1. The molecule has 2 aliphatic rings. The monoisotopic (exact) mass is 250 g/mol. The number of aliphatic hydroxyl groups excluding tert-OH is 1. The Hall–Kier alpha value is -1.09. The first-order valence-electron chi connectivity index (χ1n) is 6.79. The van der Waals surface area contributed by atoms with Gasteiger partial charge in [0.1, 0.15) is 0 Å². The second kappa shape index (κ2) is 6.19. The minimum Gasteiger partial charge on any atom is -0.469 e. The van der Waals surface area contributed by atoms with E-state index in [0.717, 1.165) is 12.8 Å². The molecule has 2 rings (SSSR count). The first-order chi connectivity index (χ1) is 8.76. The number of rotatable bonds is 6. The molecule has 0 spiro atoms. The van der Waals surface area contributed by atoms with Crippen molar-refractivity contribution in [2.24, 2.45) is 23.7 Å². The Bertz CT molecular complexity index is 346. The first kappa shape index (κ1) is 13.3. The highest BCUT2D eigenvalue weighted by Gasteiger charge is 2.42. The van der Waals surface area contributed by atoms with Gasteiger partial charge in [-0.25, -0.2) is 0 Å². The van der Waals surface area contributed by atoms with Gasteiger partial charge < -0.3 is 9.84 Å². The number of fused-ring (bicyclic) bond motifs is 2. The van der Waals surface area contributed by atoms with E-state index in [1.54, 1.807) is 0 Å². The quantitative estimate of drug-likeness (QED) is 0.447. The Labute approximate surface area is 109 Å². The molecule has 2 aliphatic carbocycles. The lowest BCUT2D eigenvalue weighted by Crippen LogP contribution is -2.21. The van der Waals surface area contributed by atoms with Crippen LogP contribution in [0.25, 0.3) is 0 Å². The fourth-order valence-corrected chi connectivity index (χ4v) is 3.22. The molecule has 0 radical (unpaired) electrons. The lowest BCUT2D eigenvalue weighted by molar-refractivity contribution is -0.140. The second-order valence-corrected chi connectivity index (χ2v) is 5.27. The van der Waals surface area contributed by atoms with Gasteiger partial charge >= 0.3 is 5.97 Å². The van der Waals surface area contributed by atoms with Crippen LogP contribution in [-0.2, 0) is 9.53 Å². The number of allylic oxidation sites excluding steroid dienone is 4. The Morgan fingerprint density at radius 1 is 1.44 bits per heavy atom. The molecule has 1 saturated carbocycles. The number of aliphatic hydroxyl groups is 1. The Kier molecular flexibility index (Phi) is 4.59. The van der Waals surface area contributed by atoms with Crippen molar-refractivity contribution >= 4 is 5.97 Å². The summed E-state index contributed by atoms with van der Waals surface area (Å²) in [5.74, 6) is 1.94. The molecule has 0 aromatic heterocycles. The van der Waals surface area contributed by atoms with Crippen molar-refractivity contribution in [1.82, 2.24) is 0 Å². The van der Waals surface area contributed by atoms with Crippen molar-refractivity contribution in [3.63, 3.8) is 0 Å². The predicted molar refractivity (Wildman–Crippen MR) is 69.8 cm³/mol. The Balaban J connectivity index is 1.75. The van der Waals surface area contributed by atoms with Crippen LogP contribution in [0.3, 0.4) is 0 Å². The summed E-state index contributed by atoms with van der Waals surface area (Å²) in [5, 5.41) is 9.44. The number of carbonyl (C=O) groups is 1. The van der Waals surface area contributed by atoms with Gasteiger partial charge in [0.2, 0.25) is 0 Å². The van der Waals surface area contributed by atoms with E-state index in [9.17, 15) is 9.90 Å². The van der Waals surface area contributed by atoms with E-state index in [1.165, 1.54) is 13.5 Å². The zero-order valence-electron chi connectivity index (χ0n) is 10.9. The van der Waals surface area contributed by atoms with Crippen molar-refractivity contribution in [3.8, 4) is 0 Å². The highest BCUT2D eigenvalue weighted by molar-refractivity contribution is 5.69. The number of ether oxygens (including phenoxy) is 1.